The number of hydrogen-bond acceptors (Lipinski definition) is 7. The summed E-state index contributed by atoms with van der Waals surface area (Å²) in [6.45, 7) is 0. The molecule has 2 heterocycles. The first-order valence-electron chi connectivity index (χ1n) is 9.08. The van der Waals surface area contributed by atoms with Gasteiger partial charge < -0.3 is 19.9 Å². The predicted molar refractivity (Wildman–Crippen MR) is 108 cm³/mol. The first-order chi connectivity index (χ1) is 14.6. The van der Waals surface area contributed by atoms with Crippen LogP contribution in [0.25, 0.3) is 0 Å². The van der Waals surface area contributed by atoms with E-state index in [2.05, 4.69) is 11.1 Å². The summed E-state index contributed by atoms with van der Waals surface area (Å²) in [6.07, 6.45) is 3.31. The monoisotopic (exact) mass is 399 g/mol. The van der Waals surface area contributed by atoms with Crippen LogP contribution in [-0.2, 0) is 0 Å². The number of carbonyl (C=O) groups is 1. The lowest BCUT2D eigenvalue weighted by Crippen LogP contribution is -2.21. The third-order valence-corrected chi connectivity index (χ3v) is 4.75. The molecule has 1 unspecified atom stereocenters. The average molecular weight is 399 g/mol. The lowest BCUT2D eigenvalue weighted by molar-refractivity contribution is 0.0734. The maximum absolute atomic E-state index is 12.5. The summed E-state index contributed by atoms with van der Waals surface area (Å²) < 4.78 is 16.3. The van der Waals surface area contributed by atoms with Crippen LogP contribution in [0.5, 0.6) is 17.2 Å². The molecule has 2 aromatic carbocycles. The van der Waals surface area contributed by atoms with E-state index in [0.717, 1.165) is 11.1 Å². The van der Waals surface area contributed by atoms with Crippen LogP contribution in [-0.4, -0.2) is 18.1 Å². The van der Waals surface area contributed by atoms with Crippen LogP contribution < -0.4 is 19.9 Å². The number of carbonyl (C=O) groups excluding carboxylic acids is 1. The van der Waals surface area contributed by atoms with E-state index in [1.165, 1.54) is 7.11 Å². The maximum atomic E-state index is 12.5. The fourth-order valence-electron chi connectivity index (χ4n) is 3.31. The highest BCUT2D eigenvalue weighted by Gasteiger charge is 2.31. The van der Waals surface area contributed by atoms with Crippen molar-refractivity contribution in [3.05, 3.63) is 95.1 Å². The molecule has 0 amide bonds. The van der Waals surface area contributed by atoms with Crippen molar-refractivity contribution in [1.82, 2.24) is 4.98 Å². The molecular weight excluding hydrogens is 382 g/mol. The van der Waals surface area contributed by atoms with Crippen LogP contribution >= 0.6 is 0 Å². The second-order valence-electron chi connectivity index (χ2n) is 6.53. The molecule has 0 radical (unpaired) electrons. The molecule has 4 rings (SSSR count). The van der Waals surface area contributed by atoms with Crippen molar-refractivity contribution in [1.29, 1.82) is 5.26 Å². The number of nitrogens with two attached hydrogens (primary N) is 1. The Kier molecular flexibility index (Phi) is 5.06. The summed E-state index contributed by atoms with van der Waals surface area (Å²) in [7, 11) is 1.53. The van der Waals surface area contributed by atoms with Crippen molar-refractivity contribution >= 4 is 5.97 Å². The standard InChI is InChI=1S/C23H17N3O4/c1-28-16-4-2-3-15(11-16)23(27)29-17-5-6-18-20(12-17)30-22(25)19(13-24)21(18)14-7-9-26-10-8-14/h2-12,21H,25H2,1H3. The fourth-order valence-corrected chi connectivity index (χ4v) is 3.31. The molecule has 30 heavy (non-hydrogen) atoms. The smallest absolute Gasteiger partial charge is 0.343 e. The largest absolute Gasteiger partial charge is 0.497 e. The van der Waals surface area contributed by atoms with Crippen LogP contribution in [0.1, 0.15) is 27.4 Å². The van der Waals surface area contributed by atoms with E-state index in [-0.39, 0.29) is 5.88 Å². The van der Waals surface area contributed by atoms with Crippen molar-refractivity contribution in [2.45, 2.75) is 5.92 Å². The number of ether oxygens (including phenoxy) is 3. The summed E-state index contributed by atoms with van der Waals surface area (Å²) in [5.74, 6) is 0.359. The van der Waals surface area contributed by atoms with Gasteiger partial charge in [0.1, 0.15) is 28.9 Å². The number of nitriles is 1. The van der Waals surface area contributed by atoms with Gasteiger partial charge in [-0.25, -0.2) is 4.79 Å². The van der Waals surface area contributed by atoms with E-state index in [0.29, 0.717) is 28.4 Å². The molecule has 3 aromatic rings. The van der Waals surface area contributed by atoms with Crippen LogP contribution in [0, 0.1) is 11.3 Å². The van der Waals surface area contributed by atoms with E-state index in [4.69, 9.17) is 19.9 Å². The van der Waals surface area contributed by atoms with E-state index in [9.17, 15) is 10.1 Å². The van der Waals surface area contributed by atoms with Crippen LogP contribution in [0.2, 0.25) is 0 Å². The molecule has 1 aromatic heterocycles. The van der Waals surface area contributed by atoms with Gasteiger partial charge in [-0.05, 0) is 42.0 Å². The number of benzene rings is 2. The van der Waals surface area contributed by atoms with Crippen molar-refractivity contribution in [3.8, 4) is 23.3 Å². The zero-order chi connectivity index (χ0) is 21.1. The number of methoxy groups -OCH3 is 1. The Bertz CT molecular complexity index is 1180. The number of esters is 1. The first kappa shape index (κ1) is 19.0. The Balaban J connectivity index is 1.67. The van der Waals surface area contributed by atoms with E-state index >= 15 is 0 Å². The van der Waals surface area contributed by atoms with Gasteiger partial charge in [-0.15, -0.1) is 0 Å². The number of hydrogen-bond donors (Lipinski definition) is 1. The van der Waals surface area contributed by atoms with Crippen molar-refractivity contribution in [2.24, 2.45) is 5.73 Å². The van der Waals surface area contributed by atoms with E-state index in [1.807, 2.05) is 12.1 Å². The van der Waals surface area contributed by atoms with Crippen molar-refractivity contribution in [2.75, 3.05) is 7.11 Å². The fraction of sp³-hybridized carbons (Fsp3) is 0.0870. The molecular formula is C23H17N3O4. The molecule has 2 N–H and O–H groups in total. The van der Waals surface area contributed by atoms with Gasteiger partial charge in [-0.2, -0.15) is 5.26 Å². The van der Waals surface area contributed by atoms with Crippen LogP contribution in [0.4, 0.5) is 0 Å². The third-order valence-electron chi connectivity index (χ3n) is 4.75. The van der Waals surface area contributed by atoms with Crippen molar-refractivity contribution in [3.63, 3.8) is 0 Å². The first-order valence-corrected chi connectivity index (χ1v) is 9.08. The summed E-state index contributed by atoms with van der Waals surface area (Å²) in [5, 5.41) is 9.60. The number of pyridine rings is 1. The molecule has 7 heteroatoms. The van der Waals surface area contributed by atoms with Gasteiger partial charge in [0, 0.05) is 24.0 Å². The Morgan fingerprint density at radius 1 is 1.13 bits per heavy atom. The van der Waals surface area contributed by atoms with Gasteiger partial charge in [0.05, 0.1) is 18.6 Å². The Hall–Kier alpha value is -4.31. The zero-order valence-electron chi connectivity index (χ0n) is 16.0. The molecule has 0 fully saturated rings. The molecule has 0 saturated heterocycles. The molecule has 1 aliphatic rings. The Morgan fingerprint density at radius 3 is 2.67 bits per heavy atom. The summed E-state index contributed by atoms with van der Waals surface area (Å²) in [4.78, 5) is 16.5. The second kappa shape index (κ2) is 7.97. The minimum Gasteiger partial charge on any atom is -0.497 e. The normalized spacial score (nSPS) is 14.9. The van der Waals surface area contributed by atoms with E-state index in [1.54, 1.807) is 54.9 Å². The number of fused-ring (bicyclic) bond motifs is 1. The Labute approximate surface area is 172 Å². The highest BCUT2D eigenvalue weighted by atomic mass is 16.5. The minimum atomic E-state index is -0.531. The molecule has 1 aliphatic heterocycles. The molecule has 7 nitrogen and oxygen atoms in total. The van der Waals surface area contributed by atoms with Crippen LogP contribution in [0.15, 0.2) is 78.4 Å². The van der Waals surface area contributed by atoms with Gasteiger partial charge in [-0.1, -0.05) is 12.1 Å². The maximum Gasteiger partial charge on any atom is 0.343 e. The lowest BCUT2D eigenvalue weighted by atomic mass is 9.84. The topological polar surface area (TPSA) is 107 Å². The molecule has 0 saturated carbocycles. The van der Waals surface area contributed by atoms with Gasteiger partial charge >= 0.3 is 5.97 Å². The average Bonchev–Trinajstić information content (AvgIpc) is 2.78. The SMILES string of the molecule is COc1cccc(C(=O)Oc2ccc3c(c2)OC(N)=C(C#N)C3c2ccncc2)c1. The quantitative estimate of drug-likeness (QED) is 0.528. The van der Waals surface area contributed by atoms with E-state index < -0.39 is 11.9 Å². The van der Waals surface area contributed by atoms with Crippen LogP contribution in [0.3, 0.4) is 0 Å². The summed E-state index contributed by atoms with van der Waals surface area (Å²) >= 11 is 0. The molecule has 1 atom stereocenters. The molecule has 0 bridgehead atoms. The summed E-state index contributed by atoms with van der Waals surface area (Å²) in [5.41, 5.74) is 8.27. The number of rotatable bonds is 4. The number of allylic oxidation sites excluding steroid dienone is 1. The minimum absolute atomic E-state index is 0.0167. The van der Waals surface area contributed by atoms with Gasteiger partial charge in [0.15, 0.2) is 0 Å². The van der Waals surface area contributed by atoms with Gasteiger partial charge in [0.2, 0.25) is 5.88 Å². The summed E-state index contributed by atoms with van der Waals surface area (Å²) in [6, 6.07) is 17.5. The highest BCUT2D eigenvalue weighted by Crippen LogP contribution is 2.43. The third kappa shape index (κ3) is 3.54. The molecule has 0 spiro atoms. The molecule has 148 valence electrons. The zero-order valence-corrected chi connectivity index (χ0v) is 16.0. The van der Waals surface area contributed by atoms with Gasteiger partial charge in [0.25, 0.3) is 0 Å². The highest BCUT2D eigenvalue weighted by molar-refractivity contribution is 5.91. The van der Waals surface area contributed by atoms with Crippen molar-refractivity contribution < 1.29 is 19.0 Å². The molecule has 0 aliphatic carbocycles. The number of aromatic nitrogens is 1. The number of nitrogens with zero attached hydrogens (tertiary/aromatic N) is 2. The Morgan fingerprint density at radius 2 is 1.93 bits per heavy atom. The predicted octanol–water partition coefficient (Wildman–Crippen LogP) is 3.53. The lowest BCUT2D eigenvalue weighted by Gasteiger charge is -2.26. The van der Waals surface area contributed by atoms with Gasteiger partial charge in [-0.3, -0.25) is 4.98 Å². The second-order valence-corrected chi connectivity index (χ2v) is 6.53.